The summed E-state index contributed by atoms with van der Waals surface area (Å²) in [7, 11) is -1.64. The van der Waals surface area contributed by atoms with Gasteiger partial charge >= 0.3 is 0 Å². The SMILES string of the molecule is CC(/C=N/O)CO[Si](C)(C)C(C)(C)C. The molecule has 0 aliphatic heterocycles. The van der Waals surface area contributed by atoms with E-state index >= 15 is 0 Å². The van der Waals surface area contributed by atoms with Gasteiger partial charge in [-0.2, -0.15) is 0 Å². The van der Waals surface area contributed by atoms with E-state index in [-0.39, 0.29) is 11.0 Å². The summed E-state index contributed by atoms with van der Waals surface area (Å²) in [6.07, 6.45) is 1.51. The molecule has 0 saturated heterocycles. The molecule has 4 heteroatoms. The molecule has 84 valence electrons. The zero-order chi connectivity index (χ0) is 11.4. The summed E-state index contributed by atoms with van der Waals surface area (Å²) in [4.78, 5) is 0. The van der Waals surface area contributed by atoms with Crippen LogP contribution in [0.4, 0.5) is 0 Å². The zero-order valence-corrected chi connectivity index (χ0v) is 11.2. The Morgan fingerprint density at radius 2 is 1.93 bits per heavy atom. The van der Waals surface area contributed by atoms with Crippen molar-refractivity contribution in [3.05, 3.63) is 0 Å². The zero-order valence-electron chi connectivity index (χ0n) is 10.2. The minimum atomic E-state index is -1.64. The van der Waals surface area contributed by atoms with Crippen LogP contribution >= 0.6 is 0 Å². The van der Waals surface area contributed by atoms with Gasteiger partial charge in [-0.15, -0.1) is 5.16 Å². The van der Waals surface area contributed by atoms with E-state index in [0.29, 0.717) is 6.61 Å². The van der Waals surface area contributed by atoms with Crippen LogP contribution < -0.4 is 0 Å². The van der Waals surface area contributed by atoms with Crippen molar-refractivity contribution in [2.45, 2.75) is 45.8 Å². The van der Waals surface area contributed by atoms with Crippen LogP contribution in [0.5, 0.6) is 0 Å². The van der Waals surface area contributed by atoms with Crippen molar-refractivity contribution in [1.82, 2.24) is 0 Å². The van der Waals surface area contributed by atoms with E-state index in [1.165, 1.54) is 6.21 Å². The topological polar surface area (TPSA) is 41.8 Å². The van der Waals surface area contributed by atoms with E-state index < -0.39 is 8.32 Å². The third-order valence-electron chi connectivity index (χ3n) is 2.83. The van der Waals surface area contributed by atoms with Crippen LogP contribution in [0, 0.1) is 5.92 Å². The number of rotatable bonds is 4. The average molecular weight is 217 g/mol. The van der Waals surface area contributed by atoms with Crippen molar-refractivity contribution in [2.24, 2.45) is 11.1 Å². The molecule has 1 atom stereocenters. The van der Waals surface area contributed by atoms with E-state index in [4.69, 9.17) is 9.63 Å². The van der Waals surface area contributed by atoms with Gasteiger partial charge in [-0.25, -0.2) is 0 Å². The highest BCUT2D eigenvalue weighted by Gasteiger charge is 2.37. The molecule has 0 rings (SSSR count). The van der Waals surface area contributed by atoms with Crippen LogP contribution in [-0.4, -0.2) is 26.3 Å². The van der Waals surface area contributed by atoms with Gasteiger partial charge in [0.05, 0.1) is 0 Å². The first kappa shape index (κ1) is 13.6. The standard InChI is InChI=1S/C10H23NO2Si/c1-9(7-11-12)8-13-14(5,6)10(2,3)4/h7,9,12H,8H2,1-6H3/b11-7+. The molecule has 0 aromatic rings. The Balaban J connectivity index is 4.12. The van der Waals surface area contributed by atoms with E-state index in [1.807, 2.05) is 6.92 Å². The quantitative estimate of drug-likeness (QED) is 0.340. The lowest BCUT2D eigenvalue weighted by atomic mass is 10.2. The Morgan fingerprint density at radius 1 is 1.43 bits per heavy atom. The Kier molecular flexibility index (Phi) is 4.81. The Hall–Kier alpha value is -0.353. The fraction of sp³-hybridized carbons (Fsp3) is 0.900. The summed E-state index contributed by atoms with van der Waals surface area (Å²) in [5.41, 5.74) is 0. The Morgan fingerprint density at radius 3 is 2.29 bits per heavy atom. The third kappa shape index (κ3) is 4.24. The molecule has 0 heterocycles. The molecule has 0 bridgehead atoms. The van der Waals surface area contributed by atoms with Gasteiger partial charge in [-0.05, 0) is 18.1 Å². The number of nitrogens with zero attached hydrogens (tertiary/aromatic N) is 1. The molecule has 0 amide bonds. The number of hydrogen-bond acceptors (Lipinski definition) is 3. The van der Waals surface area contributed by atoms with Gasteiger partial charge in [-0.3, -0.25) is 0 Å². The molecule has 14 heavy (non-hydrogen) atoms. The predicted molar refractivity (Wildman–Crippen MR) is 62.6 cm³/mol. The van der Waals surface area contributed by atoms with Gasteiger partial charge in [0.15, 0.2) is 8.32 Å². The van der Waals surface area contributed by atoms with Crippen LogP contribution in [0.25, 0.3) is 0 Å². The summed E-state index contributed by atoms with van der Waals surface area (Å²) in [5.74, 6) is 0.175. The van der Waals surface area contributed by atoms with Crippen molar-refractivity contribution < 1.29 is 9.63 Å². The second-order valence-electron chi connectivity index (χ2n) is 5.31. The van der Waals surface area contributed by atoms with Crippen molar-refractivity contribution >= 4 is 14.5 Å². The fourth-order valence-electron chi connectivity index (χ4n) is 0.713. The molecular formula is C10H23NO2Si. The molecule has 0 fully saturated rings. The average Bonchev–Trinajstić information content (AvgIpc) is 1.99. The molecule has 0 radical (unpaired) electrons. The number of hydrogen-bond donors (Lipinski definition) is 1. The maximum absolute atomic E-state index is 8.35. The summed E-state index contributed by atoms with van der Waals surface area (Å²) >= 11 is 0. The summed E-state index contributed by atoms with van der Waals surface area (Å²) in [6, 6.07) is 0. The molecule has 1 unspecified atom stereocenters. The minimum Gasteiger partial charge on any atom is -0.416 e. The minimum absolute atomic E-state index is 0.175. The summed E-state index contributed by atoms with van der Waals surface area (Å²) in [5, 5.41) is 11.6. The highest BCUT2D eigenvalue weighted by Crippen LogP contribution is 2.36. The van der Waals surface area contributed by atoms with Crippen molar-refractivity contribution in [3.63, 3.8) is 0 Å². The molecule has 0 aromatic heterocycles. The van der Waals surface area contributed by atoms with E-state index in [0.717, 1.165) is 0 Å². The van der Waals surface area contributed by atoms with Crippen LogP contribution in [0.15, 0.2) is 5.16 Å². The predicted octanol–water partition coefficient (Wildman–Crippen LogP) is 3.10. The van der Waals surface area contributed by atoms with Gasteiger partial charge in [0.1, 0.15) is 0 Å². The summed E-state index contributed by atoms with van der Waals surface area (Å²) in [6.45, 7) is 13.7. The normalized spacial score (nSPS) is 16.1. The largest absolute Gasteiger partial charge is 0.416 e. The Labute approximate surface area is 88.3 Å². The van der Waals surface area contributed by atoms with Gasteiger partial charge < -0.3 is 9.63 Å². The van der Waals surface area contributed by atoms with Crippen LogP contribution in [0.2, 0.25) is 18.1 Å². The lowest BCUT2D eigenvalue weighted by Crippen LogP contribution is -2.41. The Bertz CT molecular complexity index is 197. The molecule has 0 aliphatic carbocycles. The lowest BCUT2D eigenvalue weighted by Gasteiger charge is -2.36. The van der Waals surface area contributed by atoms with E-state index in [9.17, 15) is 0 Å². The molecule has 0 saturated carbocycles. The monoisotopic (exact) mass is 217 g/mol. The van der Waals surface area contributed by atoms with Gasteiger partial charge in [-0.1, -0.05) is 27.7 Å². The molecule has 3 nitrogen and oxygen atoms in total. The maximum Gasteiger partial charge on any atom is 0.192 e. The summed E-state index contributed by atoms with van der Waals surface area (Å²) < 4.78 is 5.94. The van der Waals surface area contributed by atoms with E-state index in [1.54, 1.807) is 0 Å². The smallest absolute Gasteiger partial charge is 0.192 e. The van der Waals surface area contributed by atoms with Crippen molar-refractivity contribution in [3.8, 4) is 0 Å². The van der Waals surface area contributed by atoms with Gasteiger partial charge in [0, 0.05) is 18.7 Å². The van der Waals surface area contributed by atoms with Crippen LogP contribution in [-0.2, 0) is 4.43 Å². The number of oxime groups is 1. The van der Waals surface area contributed by atoms with Crippen molar-refractivity contribution in [1.29, 1.82) is 0 Å². The van der Waals surface area contributed by atoms with Crippen LogP contribution in [0.1, 0.15) is 27.7 Å². The van der Waals surface area contributed by atoms with Crippen LogP contribution in [0.3, 0.4) is 0 Å². The lowest BCUT2D eigenvalue weighted by molar-refractivity contribution is 0.262. The fourth-order valence-corrected chi connectivity index (χ4v) is 1.83. The first-order valence-corrected chi connectivity index (χ1v) is 7.93. The van der Waals surface area contributed by atoms with E-state index in [2.05, 4.69) is 39.0 Å². The maximum atomic E-state index is 8.35. The highest BCUT2D eigenvalue weighted by molar-refractivity contribution is 6.74. The third-order valence-corrected chi connectivity index (χ3v) is 7.34. The molecule has 0 aliphatic rings. The first-order valence-electron chi connectivity index (χ1n) is 5.02. The first-order chi connectivity index (χ1) is 6.20. The van der Waals surface area contributed by atoms with Crippen molar-refractivity contribution in [2.75, 3.05) is 6.61 Å². The second kappa shape index (κ2) is 4.93. The van der Waals surface area contributed by atoms with Gasteiger partial charge in [0.25, 0.3) is 0 Å². The highest BCUT2D eigenvalue weighted by atomic mass is 28.4. The molecule has 0 spiro atoms. The molecule has 1 N–H and O–H groups in total. The molecular weight excluding hydrogens is 194 g/mol. The molecule has 0 aromatic carbocycles. The second-order valence-corrected chi connectivity index (χ2v) is 10.1. The van der Waals surface area contributed by atoms with Gasteiger partial charge in [0.2, 0.25) is 0 Å².